The average molecular weight is 347 g/mol. The molecule has 1 aromatic carbocycles. The molecule has 0 bridgehead atoms. The van der Waals surface area contributed by atoms with Gasteiger partial charge < -0.3 is 14.5 Å². The first-order valence-electron chi connectivity index (χ1n) is 8.71. The number of methoxy groups -OCH3 is 1. The quantitative estimate of drug-likeness (QED) is 0.723. The van der Waals surface area contributed by atoms with Crippen LogP contribution in [0.3, 0.4) is 0 Å². The molecule has 1 fully saturated rings. The van der Waals surface area contributed by atoms with Crippen molar-refractivity contribution in [2.24, 2.45) is 0 Å². The zero-order valence-electron chi connectivity index (χ0n) is 14.7. The maximum absolute atomic E-state index is 5.52. The van der Waals surface area contributed by atoms with E-state index in [1.165, 1.54) is 5.69 Å². The van der Waals surface area contributed by atoms with Crippen LogP contribution in [0, 0.1) is 0 Å². The lowest BCUT2D eigenvalue weighted by Gasteiger charge is -2.37. The van der Waals surface area contributed by atoms with Crippen molar-refractivity contribution in [3.8, 4) is 17.0 Å². The van der Waals surface area contributed by atoms with Gasteiger partial charge in [0, 0.05) is 62.2 Å². The van der Waals surface area contributed by atoms with Gasteiger partial charge in [-0.25, -0.2) is 4.98 Å². The summed E-state index contributed by atoms with van der Waals surface area (Å²) in [5.74, 6) is 1.72. The molecule has 0 unspecified atom stereocenters. The van der Waals surface area contributed by atoms with E-state index in [4.69, 9.17) is 4.74 Å². The second kappa shape index (κ2) is 7.39. The Hall–Kier alpha value is -3.15. The molecule has 0 spiro atoms. The number of nitrogens with zero attached hydrogens (tertiary/aromatic N) is 5. The van der Waals surface area contributed by atoms with Crippen molar-refractivity contribution in [1.82, 2.24) is 15.0 Å². The zero-order valence-corrected chi connectivity index (χ0v) is 14.7. The van der Waals surface area contributed by atoms with Crippen molar-refractivity contribution < 1.29 is 4.74 Å². The number of benzene rings is 1. The minimum absolute atomic E-state index is 0.810. The maximum Gasteiger partial charge on any atom is 0.155 e. The number of hydrogen-bond donors (Lipinski definition) is 0. The van der Waals surface area contributed by atoms with Crippen LogP contribution in [0.15, 0.2) is 61.2 Å². The minimum Gasteiger partial charge on any atom is -0.496 e. The number of pyridine rings is 1. The molecule has 1 saturated heterocycles. The first-order chi connectivity index (χ1) is 12.9. The fraction of sp³-hybridized carbons (Fsp3) is 0.250. The smallest absolute Gasteiger partial charge is 0.155 e. The Morgan fingerprint density at radius 1 is 0.808 bits per heavy atom. The lowest BCUT2D eigenvalue weighted by molar-refractivity contribution is 0.416. The summed E-state index contributed by atoms with van der Waals surface area (Å²) in [6, 6.07) is 12.1. The van der Waals surface area contributed by atoms with Crippen LogP contribution in [0.5, 0.6) is 5.75 Å². The Kier molecular flexibility index (Phi) is 4.64. The molecule has 0 atom stereocenters. The van der Waals surface area contributed by atoms with Gasteiger partial charge in [0.05, 0.1) is 7.11 Å². The summed E-state index contributed by atoms with van der Waals surface area (Å²) >= 11 is 0. The summed E-state index contributed by atoms with van der Waals surface area (Å²) < 4.78 is 5.52. The maximum atomic E-state index is 5.52. The summed E-state index contributed by atoms with van der Waals surface area (Å²) in [6.45, 7) is 3.66. The van der Waals surface area contributed by atoms with Crippen molar-refractivity contribution in [3.63, 3.8) is 0 Å². The number of para-hydroxylation sites is 1. The molecule has 132 valence electrons. The SMILES string of the molecule is COc1ccccc1-c1nccnc1N1CCN(c2ccncc2)CC1. The highest BCUT2D eigenvalue weighted by Crippen LogP contribution is 2.34. The Morgan fingerprint density at radius 3 is 2.27 bits per heavy atom. The van der Waals surface area contributed by atoms with Crippen LogP contribution < -0.4 is 14.5 Å². The second-order valence-electron chi connectivity index (χ2n) is 6.11. The van der Waals surface area contributed by atoms with Gasteiger partial charge in [0.1, 0.15) is 11.4 Å². The van der Waals surface area contributed by atoms with E-state index in [-0.39, 0.29) is 0 Å². The minimum atomic E-state index is 0.810. The van der Waals surface area contributed by atoms with E-state index in [1.54, 1.807) is 19.5 Å². The molecule has 0 N–H and O–H groups in total. The third-order valence-corrected chi connectivity index (χ3v) is 4.65. The Labute approximate surface area is 153 Å². The van der Waals surface area contributed by atoms with Gasteiger partial charge in [0.25, 0.3) is 0 Å². The summed E-state index contributed by atoms with van der Waals surface area (Å²) in [5.41, 5.74) is 3.04. The fourth-order valence-electron chi connectivity index (χ4n) is 3.32. The molecule has 6 heteroatoms. The van der Waals surface area contributed by atoms with E-state index in [9.17, 15) is 0 Å². The van der Waals surface area contributed by atoms with Crippen molar-refractivity contribution in [3.05, 3.63) is 61.2 Å². The standard InChI is InChI=1S/C20H21N5O/c1-26-18-5-3-2-4-17(18)19-20(23-11-10-22-19)25-14-12-24(13-15-25)16-6-8-21-9-7-16/h2-11H,12-15H2,1H3. The first kappa shape index (κ1) is 16.3. The molecule has 0 saturated carbocycles. The van der Waals surface area contributed by atoms with Crippen LogP contribution in [0.25, 0.3) is 11.3 Å². The number of aromatic nitrogens is 3. The van der Waals surface area contributed by atoms with Crippen LogP contribution in [0.2, 0.25) is 0 Å². The zero-order chi connectivity index (χ0) is 17.8. The molecule has 1 aliphatic rings. The summed E-state index contributed by atoms with van der Waals surface area (Å²) in [7, 11) is 1.68. The van der Waals surface area contributed by atoms with Crippen LogP contribution in [-0.2, 0) is 0 Å². The molecule has 6 nitrogen and oxygen atoms in total. The number of ether oxygens (including phenoxy) is 1. The number of rotatable bonds is 4. The van der Waals surface area contributed by atoms with Crippen LogP contribution in [-0.4, -0.2) is 48.2 Å². The summed E-state index contributed by atoms with van der Waals surface area (Å²) in [4.78, 5) is 18.0. The van der Waals surface area contributed by atoms with Crippen molar-refractivity contribution in [1.29, 1.82) is 0 Å². The van der Waals surface area contributed by atoms with Crippen LogP contribution in [0.4, 0.5) is 11.5 Å². The lowest BCUT2D eigenvalue weighted by atomic mass is 10.1. The Morgan fingerprint density at radius 2 is 1.50 bits per heavy atom. The van der Waals surface area contributed by atoms with Gasteiger partial charge >= 0.3 is 0 Å². The highest BCUT2D eigenvalue weighted by Gasteiger charge is 2.22. The molecule has 0 aliphatic carbocycles. The predicted octanol–water partition coefficient (Wildman–Crippen LogP) is 2.87. The molecular weight excluding hydrogens is 326 g/mol. The normalized spacial score (nSPS) is 14.3. The third-order valence-electron chi connectivity index (χ3n) is 4.65. The average Bonchev–Trinajstić information content (AvgIpc) is 2.74. The second-order valence-corrected chi connectivity index (χ2v) is 6.11. The van der Waals surface area contributed by atoms with E-state index in [2.05, 4.69) is 36.9 Å². The van der Waals surface area contributed by atoms with Crippen LogP contribution in [0.1, 0.15) is 0 Å². The molecule has 3 aromatic rings. The first-order valence-corrected chi connectivity index (χ1v) is 8.71. The van der Waals surface area contributed by atoms with E-state index >= 15 is 0 Å². The van der Waals surface area contributed by atoms with Crippen molar-refractivity contribution in [2.45, 2.75) is 0 Å². The highest BCUT2D eigenvalue weighted by atomic mass is 16.5. The summed E-state index contributed by atoms with van der Waals surface area (Å²) in [5, 5.41) is 0. The molecule has 0 amide bonds. The van der Waals surface area contributed by atoms with E-state index in [0.29, 0.717) is 0 Å². The van der Waals surface area contributed by atoms with Gasteiger partial charge in [0.15, 0.2) is 5.82 Å². The highest BCUT2D eigenvalue weighted by molar-refractivity contribution is 5.77. The fourth-order valence-corrected chi connectivity index (χ4v) is 3.32. The monoisotopic (exact) mass is 347 g/mol. The molecule has 0 radical (unpaired) electrons. The molecule has 3 heterocycles. The van der Waals surface area contributed by atoms with E-state index in [0.717, 1.165) is 49.0 Å². The van der Waals surface area contributed by atoms with Crippen LogP contribution >= 0.6 is 0 Å². The molecule has 2 aromatic heterocycles. The largest absolute Gasteiger partial charge is 0.496 e. The Bertz CT molecular complexity index is 863. The number of piperazine rings is 1. The molecular formula is C20H21N5O. The number of anilines is 2. The molecule has 4 rings (SSSR count). The van der Waals surface area contributed by atoms with E-state index < -0.39 is 0 Å². The van der Waals surface area contributed by atoms with Gasteiger partial charge in [-0.1, -0.05) is 12.1 Å². The van der Waals surface area contributed by atoms with Gasteiger partial charge in [-0.05, 0) is 24.3 Å². The van der Waals surface area contributed by atoms with Gasteiger partial charge in [0.2, 0.25) is 0 Å². The topological polar surface area (TPSA) is 54.4 Å². The lowest BCUT2D eigenvalue weighted by Crippen LogP contribution is -2.47. The molecule has 26 heavy (non-hydrogen) atoms. The number of hydrogen-bond acceptors (Lipinski definition) is 6. The van der Waals surface area contributed by atoms with Gasteiger partial charge in [-0.2, -0.15) is 0 Å². The van der Waals surface area contributed by atoms with Crippen molar-refractivity contribution >= 4 is 11.5 Å². The predicted molar refractivity (Wildman–Crippen MR) is 103 cm³/mol. The van der Waals surface area contributed by atoms with Gasteiger partial charge in [-0.3, -0.25) is 9.97 Å². The third kappa shape index (κ3) is 3.18. The molecule has 1 aliphatic heterocycles. The van der Waals surface area contributed by atoms with E-state index in [1.807, 2.05) is 36.7 Å². The summed E-state index contributed by atoms with van der Waals surface area (Å²) in [6.07, 6.45) is 7.16. The van der Waals surface area contributed by atoms with Gasteiger partial charge in [-0.15, -0.1) is 0 Å². The van der Waals surface area contributed by atoms with Crippen molar-refractivity contribution in [2.75, 3.05) is 43.1 Å². The Balaban J connectivity index is 1.58.